The first kappa shape index (κ1) is 19.8. The largest absolute Gasteiger partial charge is 0.452 e. The monoisotopic (exact) mass is 401 g/mol. The zero-order valence-electron chi connectivity index (χ0n) is 19.4. The first-order valence-electron chi connectivity index (χ1n) is 12.2. The molecular weight excluding hydrogens is 360 g/mol. The lowest BCUT2D eigenvalue weighted by atomic mass is 9.65. The van der Waals surface area contributed by atoms with Crippen molar-refractivity contribution in [3.8, 4) is 11.8 Å². The van der Waals surface area contributed by atoms with Gasteiger partial charge in [0, 0.05) is 11.8 Å². The lowest BCUT2D eigenvalue weighted by Gasteiger charge is -2.43. The van der Waals surface area contributed by atoms with Gasteiger partial charge in [-0.25, -0.2) is 0 Å². The highest BCUT2D eigenvalue weighted by atomic mass is 16.5. The minimum Gasteiger partial charge on any atom is -0.452 e. The maximum atomic E-state index is 6.48. The smallest absolute Gasteiger partial charge is 0.373 e. The Bertz CT molecular complexity index is 722. The van der Waals surface area contributed by atoms with Gasteiger partial charge in [-0.1, -0.05) is 54.4 Å². The Balaban J connectivity index is 1.61. The predicted molar refractivity (Wildman–Crippen MR) is 114 cm³/mol. The van der Waals surface area contributed by atoms with Crippen LogP contribution in [0.15, 0.2) is 6.33 Å². The molecule has 0 saturated heterocycles. The average Bonchev–Trinajstić information content (AvgIpc) is 3.28. The van der Waals surface area contributed by atoms with Gasteiger partial charge in [-0.2, -0.15) is 9.13 Å². The van der Waals surface area contributed by atoms with E-state index in [1.54, 1.807) is 0 Å². The molecule has 1 aromatic heterocycles. The molecule has 2 spiro atoms. The summed E-state index contributed by atoms with van der Waals surface area (Å²) in [5.74, 6) is 6.25. The van der Waals surface area contributed by atoms with Crippen LogP contribution in [0.3, 0.4) is 0 Å². The van der Waals surface area contributed by atoms with Gasteiger partial charge in [0.2, 0.25) is 0 Å². The van der Waals surface area contributed by atoms with E-state index in [2.05, 4.69) is 57.0 Å². The third-order valence-electron chi connectivity index (χ3n) is 9.06. The van der Waals surface area contributed by atoms with E-state index in [9.17, 15) is 0 Å². The van der Waals surface area contributed by atoms with Gasteiger partial charge in [-0.15, -0.1) is 0 Å². The highest BCUT2D eigenvalue weighted by Crippen LogP contribution is 2.54. The van der Waals surface area contributed by atoms with Crippen molar-refractivity contribution in [2.45, 2.75) is 91.1 Å². The van der Waals surface area contributed by atoms with Crippen LogP contribution in [0.25, 0.3) is 0 Å². The van der Waals surface area contributed by atoms with Gasteiger partial charge in [0.15, 0.2) is 11.1 Å². The van der Waals surface area contributed by atoms with Crippen LogP contribution < -0.4 is 14.0 Å². The third-order valence-corrected chi connectivity index (χ3v) is 9.06. The topological polar surface area (TPSA) is 27.3 Å². The van der Waals surface area contributed by atoms with Crippen molar-refractivity contribution in [2.24, 2.45) is 35.5 Å². The molecule has 6 atom stereocenters. The standard InChI is InChI=1S/C25H41N2O2/c1-16(2)20-9-7-18(5)11-24(20)13-28-22-23-27(15-26(22)24)25(14-29-23)12-19(6)8-10-21(25)17(3)4/h15-21H,7-14H2,1-6H3/q+1/t18-,19+,20-,21-,24?,25?/m0/s1. The van der Waals surface area contributed by atoms with Crippen LogP contribution in [0.5, 0.6) is 11.8 Å². The Hall–Kier alpha value is -1.19. The Morgan fingerprint density at radius 3 is 2.24 bits per heavy atom. The molecule has 3 heterocycles. The molecule has 5 rings (SSSR count). The van der Waals surface area contributed by atoms with Crippen LogP contribution in [-0.2, 0) is 11.1 Å². The van der Waals surface area contributed by atoms with E-state index >= 15 is 0 Å². The molecule has 0 aromatic carbocycles. The van der Waals surface area contributed by atoms with Gasteiger partial charge in [0.05, 0.1) is 0 Å². The molecule has 0 bridgehead atoms. The molecule has 4 nitrogen and oxygen atoms in total. The average molecular weight is 402 g/mol. The minimum atomic E-state index is 0.108. The Morgan fingerprint density at radius 2 is 1.55 bits per heavy atom. The molecule has 4 heteroatoms. The molecule has 4 aliphatic rings. The third kappa shape index (κ3) is 2.66. The molecule has 2 unspecified atom stereocenters. The molecule has 162 valence electrons. The molecule has 2 fully saturated rings. The van der Waals surface area contributed by atoms with Crippen LogP contribution in [0.1, 0.15) is 80.1 Å². The van der Waals surface area contributed by atoms with Crippen molar-refractivity contribution in [3.05, 3.63) is 6.33 Å². The Kier molecular flexibility index (Phi) is 4.53. The fourth-order valence-corrected chi connectivity index (χ4v) is 7.82. The highest BCUT2D eigenvalue weighted by molar-refractivity contribution is 5.30. The van der Waals surface area contributed by atoms with Crippen molar-refractivity contribution in [2.75, 3.05) is 13.2 Å². The van der Waals surface area contributed by atoms with Crippen molar-refractivity contribution in [1.29, 1.82) is 0 Å². The van der Waals surface area contributed by atoms with Crippen molar-refractivity contribution in [1.82, 2.24) is 4.57 Å². The second kappa shape index (κ2) is 6.65. The lowest BCUT2D eigenvalue weighted by Crippen LogP contribution is -2.62. The maximum absolute atomic E-state index is 6.48. The van der Waals surface area contributed by atoms with E-state index in [1.807, 2.05) is 0 Å². The molecular formula is C25H41N2O2+. The van der Waals surface area contributed by atoms with Crippen molar-refractivity contribution >= 4 is 0 Å². The first-order chi connectivity index (χ1) is 13.8. The molecule has 29 heavy (non-hydrogen) atoms. The number of hydrogen-bond donors (Lipinski definition) is 0. The van der Waals surface area contributed by atoms with Crippen molar-refractivity contribution < 1.29 is 14.0 Å². The summed E-state index contributed by atoms with van der Waals surface area (Å²) in [5, 5.41) is 0. The zero-order chi connectivity index (χ0) is 20.6. The number of imidazole rings is 1. The summed E-state index contributed by atoms with van der Waals surface area (Å²) in [6, 6.07) is 0. The van der Waals surface area contributed by atoms with E-state index in [-0.39, 0.29) is 11.1 Å². The highest BCUT2D eigenvalue weighted by Gasteiger charge is 2.62. The van der Waals surface area contributed by atoms with Gasteiger partial charge in [0.25, 0.3) is 6.33 Å². The first-order valence-corrected chi connectivity index (χ1v) is 12.2. The van der Waals surface area contributed by atoms with Crippen molar-refractivity contribution in [3.63, 3.8) is 0 Å². The van der Waals surface area contributed by atoms with Gasteiger partial charge in [0.1, 0.15) is 13.2 Å². The van der Waals surface area contributed by atoms with E-state index < -0.39 is 0 Å². The number of hydrogen-bond acceptors (Lipinski definition) is 2. The summed E-state index contributed by atoms with van der Waals surface area (Å²) < 4.78 is 18.0. The van der Waals surface area contributed by atoms with Crippen LogP contribution in [0.2, 0.25) is 0 Å². The molecule has 2 aliphatic heterocycles. The summed E-state index contributed by atoms with van der Waals surface area (Å²) in [5.41, 5.74) is 0.216. The maximum Gasteiger partial charge on any atom is 0.373 e. The van der Waals surface area contributed by atoms with E-state index in [4.69, 9.17) is 9.47 Å². The number of nitrogens with zero attached hydrogens (tertiary/aromatic N) is 2. The van der Waals surface area contributed by atoms with Gasteiger partial charge < -0.3 is 9.47 Å². The number of rotatable bonds is 2. The number of fused-ring (bicyclic) bond motifs is 5. The fraction of sp³-hybridized carbons (Fsp3) is 0.880. The summed E-state index contributed by atoms with van der Waals surface area (Å²) in [6.45, 7) is 16.1. The molecule has 0 N–H and O–H groups in total. The summed E-state index contributed by atoms with van der Waals surface area (Å²) >= 11 is 0. The van der Waals surface area contributed by atoms with Gasteiger partial charge >= 0.3 is 11.8 Å². The number of ether oxygens (including phenoxy) is 2. The fourth-order valence-electron chi connectivity index (χ4n) is 7.82. The zero-order valence-corrected chi connectivity index (χ0v) is 19.4. The lowest BCUT2D eigenvalue weighted by molar-refractivity contribution is -0.759. The SMILES string of the molecule is CC(C)[C@@H]1CC[C@@H](C)CC12COc1c3[n+](cn12)C1(CO3)C[C@@H](C)CC[C@H]1C(C)C. The van der Waals surface area contributed by atoms with Gasteiger partial charge in [-0.05, 0) is 49.4 Å². The second-order valence-corrected chi connectivity index (χ2v) is 11.7. The van der Waals surface area contributed by atoms with Gasteiger partial charge in [-0.3, -0.25) is 0 Å². The summed E-state index contributed by atoms with van der Waals surface area (Å²) in [7, 11) is 0. The summed E-state index contributed by atoms with van der Waals surface area (Å²) in [6.07, 6.45) is 10.2. The van der Waals surface area contributed by atoms with Crippen LogP contribution in [0, 0.1) is 35.5 Å². The molecule has 1 aromatic rings. The van der Waals surface area contributed by atoms with E-state index in [0.29, 0.717) is 23.7 Å². The van der Waals surface area contributed by atoms with Crippen LogP contribution in [-0.4, -0.2) is 17.8 Å². The Morgan fingerprint density at radius 1 is 0.897 bits per heavy atom. The molecule has 2 aliphatic carbocycles. The Labute approximate surface area is 177 Å². The van der Waals surface area contributed by atoms with Crippen LogP contribution in [0.4, 0.5) is 0 Å². The minimum absolute atomic E-state index is 0.108. The van der Waals surface area contributed by atoms with E-state index in [1.165, 1.54) is 38.5 Å². The summed E-state index contributed by atoms with van der Waals surface area (Å²) in [4.78, 5) is 0. The van der Waals surface area contributed by atoms with Crippen LogP contribution >= 0.6 is 0 Å². The van der Waals surface area contributed by atoms with E-state index in [0.717, 1.165) is 36.8 Å². The number of aromatic nitrogens is 2. The quantitative estimate of drug-likeness (QED) is 0.642. The predicted octanol–water partition coefficient (Wildman–Crippen LogP) is 5.14. The molecule has 2 saturated carbocycles. The second-order valence-electron chi connectivity index (χ2n) is 11.7. The molecule has 0 amide bonds. The molecule has 0 radical (unpaired) electrons. The normalized spacial score (nSPS) is 41.1.